The number of hydrogen-bond donors (Lipinski definition) is 3. The van der Waals surface area contributed by atoms with Crippen LogP contribution in [-0.4, -0.2) is 42.3 Å². The molecule has 0 fully saturated rings. The lowest BCUT2D eigenvalue weighted by Crippen LogP contribution is -2.12. The number of aromatic hydroxyl groups is 1. The molecular formula is C15H17N3O5. The van der Waals surface area contributed by atoms with Gasteiger partial charge in [0.25, 0.3) is 0 Å². The maximum atomic E-state index is 11.4. The first kappa shape index (κ1) is 16.5. The first-order valence-electron chi connectivity index (χ1n) is 7.16. The van der Waals surface area contributed by atoms with Crippen LogP contribution in [0.4, 0.5) is 0 Å². The number of carbonyl (C=O) groups is 2. The van der Waals surface area contributed by atoms with E-state index < -0.39 is 11.9 Å². The van der Waals surface area contributed by atoms with Crippen molar-refractivity contribution in [2.75, 3.05) is 0 Å². The van der Waals surface area contributed by atoms with Crippen molar-refractivity contribution >= 4 is 11.9 Å². The van der Waals surface area contributed by atoms with Crippen molar-refractivity contribution in [1.29, 1.82) is 0 Å². The van der Waals surface area contributed by atoms with E-state index in [4.69, 9.17) is 5.11 Å². The number of carboxylic acids is 2. The minimum Gasteiger partial charge on any atom is -0.507 e. The van der Waals surface area contributed by atoms with Crippen molar-refractivity contribution in [3.05, 3.63) is 35.2 Å². The van der Waals surface area contributed by atoms with Crippen LogP contribution in [0.15, 0.2) is 18.2 Å². The summed E-state index contributed by atoms with van der Waals surface area (Å²) in [6, 6.07) is 3.94. The molecule has 0 aliphatic carbocycles. The van der Waals surface area contributed by atoms with Gasteiger partial charge in [-0.1, -0.05) is 19.1 Å². The van der Waals surface area contributed by atoms with Crippen LogP contribution in [0.2, 0.25) is 0 Å². The highest BCUT2D eigenvalue weighted by molar-refractivity contribution is 5.91. The molecule has 0 saturated carbocycles. The van der Waals surface area contributed by atoms with Gasteiger partial charge in [0, 0.05) is 5.92 Å². The maximum Gasteiger partial charge on any atom is 0.358 e. The summed E-state index contributed by atoms with van der Waals surface area (Å²) in [5.41, 5.74) is 0.320. The van der Waals surface area contributed by atoms with Gasteiger partial charge in [0.05, 0.1) is 11.4 Å². The van der Waals surface area contributed by atoms with Crippen molar-refractivity contribution in [3.8, 4) is 11.4 Å². The Morgan fingerprint density at radius 3 is 2.35 bits per heavy atom. The van der Waals surface area contributed by atoms with E-state index in [1.165, 1.54) is 22.9 Å². The number of hydrogen-bond acceptors (Lipinski definition) is 5. The number of nitrogens with zero attached hydrogens (tertiary/aromatic N) is 3. The molecule has 23 heavy (non-hydrogen) atoms. The van der Waals surface area contributed by atoms with Crippen LogP contribution in [0, 0.1) is 0 Å². The van der Waals surface area contributed by atoms with Crippen LogP contribution >= 0.6 is 0 Å². The molecule has 0 amide bonds. The van der Waals surface area contributed by atoms with Crippen molar-refractivity contribution in [2.24, 2.45) is 0 Å². The molecule has 1 aromatic carbocycles. The number of aromatic carboxylic acids is 2. The Kier molecular flexibility index (Phi) is 4.63. The standard InChI is InChI=1S/C15H17N3O5/c1-3-8(4-2)13-12(15(22)23)16-17-18(13)9-5-6-11(19)10(7-9)14(20)21/h5-8,19H,3-4H2,1-2H3,(H,20,21)(H,22,23). The Hall–Kier alpha value is -2.90. The van der Waals surface area contributed by atoms with Gasteiger partial charge in [-0.05, 0) is 31.0 Å². The molecule has 1 heterocycles. The van der Waals surface area contributed by atoms with Gasteiger partial charge in [-0.25, -0.2) is 14.3 Å². The largest absolute Gasteiger partial charge is 0.507 e. The third-order valence-electron chi connectivity index (χ3n) is 3.73. The molecular weight excluding hydrogens is 302 g/mol. The Morgan fingerprint density at radius 1 is 1.17 bits per heavy atom. The van der Waals surface area contributed by atoms with Crippen molar-refractivity contribution in [3.63, 3.8) is 0 Å². The van der Waals surface area contributed by atoms with Crippen LogP contribution in [0.5, 0.6) is 5.75 Å². The summed E-state index contributed by atoms with van der Waals surface area (Å²) in [5, 5.41) is 35.6. The highest BCUT2D eigenvalue weighted by Crippen LogP contribution is 2.29. The lowest BCUT2D eigenvalue weighted by atomic mass is 9.97. The van der Waals surface area contributed by atoms with Gasteiger partial charge in [-0.2, -0.15) is 0 Å². The monoisotopic (exact) mass is 319 g/mol. The minimum absolute atomic E-state index is 0.0850. The summed E-state index contributed by atoms with van der Waals surface area (Å²) in [6.07, 6.45) is 1.38. The average Bonchev–Trinajstić information content (AvgIpc) is 2.94. The molecule has 122 valence electrons. The molecule has 0 atom stereocenters. The van der Waals surface area contributed by atoms with E-state index in [1.54, 1.807) is 0 Å². The topological polar surface area (TPSA) is 126 Å². The Bertz CT molecular complexity index is 750. The Labute approximate surface area is 132 Å². The SMILES string of the molecule is CCC(CC)c1c(C(=O)O)nnn1-c1ccc(O)c(C(=O)O)c1. The zero-order valence-corrected chi connectivity index (χ0v) is 12.7. The number of rotatable bonds is 6. The molecule has 0 aliphatic rings. The fourth-order valence-electron chi connectivity index (χ4n) is 2.50. The van der Waals surface area contributed by atoms with E-state index >= 15 is 0 Å². The second kappa shape index (κ2) is 6.47. The third-order valence-corrected chi connectivity index (χ3v) is 3.73. The fraction of sp³-hybridized carbons (Fsp3) is 0.333. The lowest BCUT2D eigenvalue weighted by molar-refractivity contribution is 0.0679. The predicted octanol–water partition coefficient (Wildman–Crippen LogP) is 2.27. The highest BCUT2D eigenvalue weighted by atomic mass is 16.4. The van der Waals surface area contributed by atoms with Gasteiger partial charge >= 0.3 is 11.9 Å². The first-order chi connectivity index (χ1) is 10.9. The third kappa shape index (κ3) is 3.01. The number of phenols is 1. The first-order valence-corrected chi connectivity index (χ1v) is 7.16. The van der Waals surface area contributed by atoms with Crippen molar-refractivity contribution in [2.45, 2.75) is 32.6 Å². The molecule has 1 aromatic heterocycles. The summed E-state index contributed by atoms with van der Waals surface area (Å²) in [4.78, 5) is 22.5. The maximum absolute atomic E-state index is 11.4. The van der Waals surface area contributed by atoms with Crippen molar-refractivity contribution < 1.29 is 24.9 Å². The molecule has 0 unspecified atom stereocenters. The smallest absolute Gasteiger partial charge is 0.358 e. The quantitative estimate of drug-likeness (QED) is 0.745. The number of benzene rings is 1. The molecule has 3 N–H and O–H groups in total. The zero-order valence-electron chi connectivity index (χ0n) is 12.7. The molecule has 0 aliphatic heterocycles. The van der Waals surface area contributed by atoms with Gasteiger partial charge in [-0.15, -0.1) is 5.10 Å². The molecule has 2 rings (SSSR count). The van der Waals surface area contributed by atoms with E-state index in [1.807, 2.05) is 13.8 Å². The van der Waals surface area contributed by atoms with Crippen LogP contribution in [0.1, 0.15) is 59.1 Å². The van der Waals surface area contributed by atoms with Gasteiger partial charge in [0.2, 0.25) is 0 Å². The second-order valence-corrected chi connectivity index (χ2v) is 5.06. The summed E-state index contributed by atoms with van der Waals surface area (Å²) in [5.74, 6) is -2.93. The molecule has 8 nitrogen and oxygen atoms in total. The summed E-state index contributed by atoms with van der Waals surface area (Å²) < 4.78 is 1.33. The molecule has 0 spiro atoms. The minimum atomic E-state index is -1.29. The number of aromatic nitrogens is 3. The Balaban J connectivity index is 2.66. The van der Waals surface area contributed by atoms with Crippen LogP contribution < -0.4 is 0 Å². The summed E-state index contributed by atoms with van der Waals surface area (Å²) >= 11 is 0. The van der Waals surface area contributed by atoms with E-state index in [-0.39, 0.29) is 22.9 Å². The average molecular weight is 319 g/mol. The predicted molar refractivity (Wildman–Crippen MR) is 80.3 cm³/mol. The fourth-order valence-corrected chi connectivity index (χ4v) is 2.50. The molecule has 0 radical (unpaired) electrons. The van der Waals surface area contributed by atoms with Gasteiger partial charge in [0.15, 0.2) is 5.69 Å². The molecule has 2 aromatic rings. The Morgan fingerprint density at radius 2 is 1.83 bits per heavy atom. The molecule has 8 heteroatoms. The zero-order chi connectivity index (χ0) is 17.1. The van der Waals surface area contributed by atoms with Crippen molar-refractivity contribution in [1.82, 2.24) is 15.0 Å². The second-order valence-electron chi connectivity index (χ2n) is 5.06. The van der Waals surface area contributed by atoms with Crippen LogP contribution in [0.25, 0.3) is 5.69 Å². The molecule has 0 saturated heterocycles. The van der Waals surface area contributed by atoms with Crippen LogP contribution in [-0.2, 0) is 0 Å². The summed E-state index contributed by atoms with van der Waals surface area (Å²) in [6.45, 7) is 3.85. The van der Waals surface area contributed by atoms with Gasteiger partial charge < -0.3 is 15.3 Å². The normalized spacial score (nSPS) is 10.9. The van der Waals surface area contributed by atoms with E-state index in [2.05, 4.69) is 10.3 Å². The van der Waals surface area contributed by atoms with Crippen LogP contribution in [0.3, 0.4) is 0 Å². The number of carboxylic acid groups (broad SMARTS) is 2. The van der Waals surface area contributed by atoms with E-state index in [0.29, 0.717) is 24.2 Å². The van der Waals surface area contributed by atoms with Gasteiger partial charge in [0.1, 0.15) is 11.3 Å². The lowest BCUT2D eigenvalue weighted by Gasteiger charge is -2.15. The van der Waals surface area contributed by atoms with E-state index in [0.717, 1.165) is 0 Å². The summed E-state index contributed by atoms with van der Waals surface area (Å²) in [7, 11) is 0. The molecule has 0 bridgehead atoms. The van der Waals surface area contributed by atoms with Gasteiger partial charge in [-0.3, -0.25) is 0 Å². The van der Waals surface area contributed by atoms with E-state index in [9.17, 15) is 19.8 Å². The highest BCUT2D eigenvalue weighted by Gasteiger charge is 2.26.